The molecule has 1 aliphatic rings. The predicted molar refractivity (Wildman–Crippen MR) is 80.2 cm³/mol. The molecule has 2 N–H and O–H groups in total. The molecule has 0 radical (unpaired) electrons. The van der Waals surface area contributed by atoms with Crippen molar-refractivity contribution in [3.8, 4) is 0 Å². The van der Waals surface area contributed by atoms with Crippen molar-refractivity contribution in [3.05, 3.63) is 0 Å². The lowest BCUT2D eigenvalue weighted by Gasteiger charge is -2.24. The van der Waals surface area contributed by atoms with Gasteiger partial charge in [-0.25, -0.2) is 0 Å². The highest BCUT2D eigenvalue weighted by Gasteiger charge is 2.46. The minimum Gasteiger partial charge on any atom is -0.481 e. The number of nitrogens with zero attached hydrogens (tertiary/aromatic N) is 1. The molecule has 1 fully saturated rings. The molecule has 0 aromatic carbocycles. The largest absolute Gasteiger partial charge is 0.481 e. The van der Waals surface area contributed by atoms with Crippen LogP contribution in [0.25, 0.3) is 0 Å². The van der Waals surface area contributed by atoms with Crippen LogP contribution in [-0.2, 0) is 19.1 Å². The summed E-state index contributed by atoms with van der Waals surface area (Å²) in [6, 6.07) is 0. The van der Waals surface area contributed by atoms with Gasteiger partial charge in [0.05, 0.1) is 13.2 Å². The van der Waals surface area contributed by atoms with Gasteiger partial charge in [-0.2, -0.15) is 0 Å². The molecule has 1 atom stereocenters. The van der Waals surface area contributed by atoms with Crippen molar-refractivity contribution in [2.24, 2.45) is 10.8 Å². The fourth-order valence-corrected chi connectivity index (χ4v) is 2.55. The minimum atomic E-state index is -1.04. The van der Waals surface area contributed by atoms with E-state index in [-0.39, 0.29) is 36.9 Å². The van der Waals surface area contributed by atoms with Gasteiger partial charge in [-0.1, -0.05) is 20.8 Å². The van der Waals surface area contributed by atoms with Crippen LogP contribution in [0.3, 0.4) is 0 Å². The fraction of sp³-hybridized carbons (Fsp3) is 0.800. The van der Waals surface area contributed by atoms with Gasteiger partial charge in [0.15, 0.2) is 0 Å². The number of carbonyl (C=O) groups excluding carboxylic acids is 2. The number of carboxylic acid groups (broad SMARTS) is 1. The molecule has 22 heavy (non-hydrogen) atoms. The van der Waals surface area contributed by atoms with Crippen molar-refractivity contribution in [3.63, 3.8) is 0 Å². The number of nitrogens with one attached hydrogen (secondary N) is 1. The van der Waals surface area contributed by atoms with Gasteiger partial charge in [-0.15, -0.1) is 0 Å². The molecule has 1 saturated heterocycles. The first-order chi connectivity index (χ1) is 10.1. The molecular formula is C15H26N2O5. The van der Waals surface area contributed by atoms with E-state index in [0.29, 0.717) is 19.4 Å². The fourth-order valence-electron chi connectivity index (χ4n) is 2.55. The van der Waals surface area contributed by atoms with Gasteiger partial charge in [0, 0.05) is 26.6 Å². The lowest BCUT2D eigenvalue weighted by atomic mass is 9.88. The van der Waals surface area contributed by atoms with Crippen molar-refractivity contribution in [2.75, 3.05) is 33.4 Å². The molecule has 7 nitrogen and oxygen atoms in total. The zero-order chi connectivity index (χ0) is 17.0. The van der Waals surface area contributed by atoms with Crippen molar-refractivity contribution in [1.29, 1.82) is 0 Å². The molecular weight excluding hydrogens is 288 g/mol. The summed E-state index contributed by atoms with van der Waals surface area (Å²) in [4.78, 5) is 36.7. The highest BCUT2D eigenvalue weighted by atomic mass is 16.5. The molecule has 126 valence electrons. The Hall–Kier alpha value is -1.63. The van der Waals surface area contributed by atoms with Crippen LogP contribution in [0.4, 0.5) is 0 Å². The molecule has 0 saturated carbocycles. The lowest BCUT2D eigenvalue weighted by Crippen LogP contribution is -2.43. The van der Waals surface area contributed by atoms with Gasteiger partial charge in [0.25, 0.3) is 0 Å². The number of carbonyl (C=O) groups is 3. The topological polar surface area (TPSA) is 95.9 Å². The maximum atomic E-state index is 12.1. The first-order valence-electron chi connectivity index (χ1n) is 7.36. The first kappa shape index (κ1) is 18.4. The summed E-state index contributed by atoms with van der Waals surface area (Å²) in [6.07, 6.45) is 0.695. The summed E-state index contributed by atoms with van der Waals surface area (Å²) in [5, 5.41) is 11.9. The van der Waals surface area contributed by atoms with Crippen LogP contribution in [0, 0.1) is 10.8 Å². The number of methoxy groups -OCH3 is 1. The van der Waals surface area contributed by atoms with E-state index in [1.165, 1.54) is 12.0 Å². The number of amides is 2. The first-order valence-corrected chi connectivity index (χ1v) is 7.36. The third kappa shape index (κ3) is 4.98. The number of hydrogen-bond donors (Lipinski definition) is 2. The van der Waals surface area contributed by atoms with Crippen molar-refractivity contribution in [2.45, 2.75) is 33.6 Å². The second-order valence-corrected chi connectivity index (χ2v) is 7.10. The maximum Gasteiger partial charge on any atom is 0.313 e. The summed E-state index contributed by atoms with van der Waals surface area (Å²) in [6.45, 7) is 6.29. The summed E-state index contributed by atoms with van der Waals surface area (Å²) in [7, 11) is 1.45. The average molecular weight is 314 g/mol. The molecule has 2 amide bonds. The monoisotopic (exact) mass is 314 g/mol. The van der Waals surface area contributed by atoms with Gasteiger partial charge >= 0.3 is 5.97 Å². The Morgan fingerprint density at radius 1 is 1.32 bits per heavy atom. The molecule has 1 heterocycles. The Kier molecular flexibility index (Phi) is 5.93. The van der Waals surface area contributed by atoms with Gasteiger partial charge in [0.2, 0.25) is 11.8 Å². The summed E-state index contributed by atoms with van der Waals surface area (Å²) in [5.41, 5.74) is -1.18. The lowest BCUT2D eigenvalue weighted by molar-refractivity contribution is -0.151. The number of rotatable bonds is 6. The van der Waals surface area contributed by atoms with E-state index in [2.05, 4.69) is 5.32 Å². The van der Waals surface area contributed by atoms with E-state index in [1.807, 2.05) is 20.8 Å². The number of carboxylic acids is 1. The van der Waals surface area contributed by atoms with E-state index in [0.717, 1.165) is 0 Å². The zero-order valence-electron chi connectivity index (χ0n) is 13.8. The molecule has 0 spiro atoms. The van der Waals surface area contributed by atoms with Crippen LogP contribution in [0.5, 0.6) is 0 Å². The van der Waals surface area contributed by atoms with Crippen LogP contribution in [-0.4, -0.2) is 61.1 Å². The zero-order valence-corrected chi connectivity index (χ0v) is 13.8. The van der Waals surface area contributed by atoms with Crippen molar-refractivity contribution >= 4 is 17.8 Å². The number of hydrogen-bond acceptors (Lipinski definition) is 4. The van der Waals surface area contributed by atoms with E-state index >= 15 is 0 Å². The highest BCUT2D eigenvalue weighted by Crippen LogP contribution is 2.31. The standard InChI is InChI=1S/C15H26N2O5/c1-14(2,3)7-11(18)16-8-12(19)17-6-5-15(9-17,10-22-4)13(20)21/h5-10H2,1-4H3,(H,16,18)(H,20,21). The van der Waals surface area contributed by atoms with E-state index in [1.54, 1.807) is 0 Å². The van der Waals surface area contributed by atoms with E-state index < -0.39 is 11.4 Å². The van der Waals surface area contributed by atoms with Gasteiger partial charge < -0.3 is 20.1 Å². The van der Waals surface area contributed by atoms with Crippen LogP contribution in [0.2, 0.25) is 0 Å². The Labute approximate surface area is 131 Å². The number of likely N-dealkylation sites (tertiary alicyclic amines) is 1. The highest BCUT2D eigenvalue weighted by molar-refractivity contribution is 5.86. The normalized spacial score (nSPS) is 21.7. The molecule has 0 aromatic heterocycles. The van der Waals surface area contributed by atoms with E-state index in [9.17, 15) is 19.5 Å². The minimum absolute atomic E-state index is 0.0719. The predicted octanol–water partition coefficient (Wildman–Crippen LogP) is 0.489. The molecule has 7 heteroatoms. The second kappa shape index (κ2) is 7.09. The van der Waals surface area contributed by atoms with Gasteiger partial charge in [-0.05, 0) is 11.8 Å². The SMILES string of the molecule is COCC1(C(=O)O)CCN(C(=O)CNC(=O)CC(C)(C)C)C1. The number of ether oxygens (including phenoxy) is 1. The van der Waals surface area contributed by atoms with Crippen LogP contribution in [0.1, 0.15) is 33.6 Å². The second-order valence-electron chi connectivity index (χ2n) is 7.10. The summed E-state index contributed by atoms with van der Waals surface area (Å²) >= 11 is 0. The molecule has 1 unspecified atom stereocenters. The Morgan fingerprint density at radius 2 is 1.95 bits per heavy atom. The molecule has 0 aromatic rings. The Balaban J connectivity index is 2.51. The van der Waals surface area contributed by atoms with E-state index in [4.69, 9.17) is 4.74 Å². The van der Waals surface area contributed by atoms with Crippen molar-refractivity contribution < 1.29 is 24.2 Å². The summed E-state index contributed by atoms with van der Waals surface area (Å²) in [5.74, 6) is -1.40. The third-order valence-electron chi connectivity index (χ3n) is 3.71. The summed E-state index contributed by atoms with van der Waals surface area (Å²) < 4.78 is 4.98. The van der Waals surface area contributed by atoms with Crippen LogP contribution in [0.15, 0.2) is 0 Å². The average Bonchev–Trinajstić information content (AvgIpc) is 2.80. The third-order valence-corrected chi connectivity index (χ3v) is 3.71. The Morgan fingerprint density at radius 3 is 2.45 bits per heavy atom. The van der Waals surface area contributed by atoms with Crippen molar-refractivity contribution in [1.82, 2.24) is 10.2 Å². The van der Waals surface area contributed by atoms with Crippen LogP contribution < -0.4 is 5.32 Å². The maximum absolute atomic E-state index is 12.1. The van der Waals surface area contributed by atoms with Gasteiger partial charge in [-0.3, -0.25) is 14.4 Å². The molecule has 1 rings (SSSR count). The number of aliphatic carboxylic acids is 1. The quantitative estimate of drug-likeness (QED) is 0.744. The smallest absolute Gasteiger partial charge is 0.313 e. The molecule has 0 bridgehead atoms. The Bertz CT molecular complexity index is 444. The van der Waals surface area contributed by atoms with Crippen LogP contribution >= 0.6 is 0 Å². The van der Waals surface area contributed by atoms with Gasteiger partial charge in [0.1, 0.15) is 5.41 Å². The molecule has 0 aliphatic carbocycles. The molecule has 1 aliphatic heterocycles.